The van der Waals surface area contributed by atoms with Gasteiger partial charge < -0.3 is 4.90 Å². The molecule has 5 rings (SSSR count). The molecule has 1 amide bonds. The van der Waals surface area contributed by atoms with E-state index in [1.54, 1.807) is 29.2 Å². The Morgan fingerprint density at radius 2 is 1.53 bits per heavy atom. The van der Waals surface area contributed by atoms with E-state index in [0.717, 1.165) is 54.6 Å². The van der Waals surface area contributed by atoms with Crippen LogP contribution in [0.1, 0.15) is 46.6 Å². The lowest BCUT2D eigenvalue weighted by atomic mass is 10.1. The molecule has 0 spiro atoms. The number of hydrogen-bond donors (Lipinski definition) is 0. The van der Waals surface area contributed by atoms with Gasteiger partial charge in [-0.05, 0) is 56.9 Å². The summed E-state index contributed by atoms with van der Waals surface area (Å²) in [5.74, 6) is -0.0970. The van der Waals surface area contributed by atoms with Crippen LogP contribution in [-0.4, -0.2) is 59.5 Å². The molecule has 1 aliphatic heterocycles. The van der Waals surface area contributed by atoms with E-state index in [1.165, 1.54) is 4.31 Å². The molecule has 1 saturated heterocycles. The van der Waals surface area contributed by atoms with Crippen LogP contribution in [0.25, 0.3) is 5.69 Å². The zero-order chi connectivity index (χ0) is 23.7. The number of piperazine rings is 1. The largest absolute Gasteiger partial charge is 0.335 e. The minimum absolute atomic E-state index is 0.0970. The minimum atomic E-state index is -3.57. The van der Waals surface area contributed by atoms with Gasteiger partial charge in [0.25, 0.3) is 5.91 Å². The number of aryl methyl sites for hydroxylation is 1. The van der Waals surface area contributed by atoms with Gasteiger partial charge in [-0.3, -0.25) is 4.79 Å². The fourth-order valence-electron chi connectivity index (χ4n) is 4.87. The lowest BCUT2D eigenvalue weighted by Crippen LogP contribution is -2.50. The van der Waals surface area contributed by atoms with Gasteiger partial charge in [-0.25, -0.2) is 13.1 Å². The first-order valence-electron chi connectivity index (χ1n) is 12.0. The highest BCUT2D eigenvalue weighted by Gasteiger charge is 2.33. The molecule has 178 valence electrons. The third kappa shape index (κ3) is 4.28. The van der Waals surface area contributed by atoms with Crippen molar-refractivity contribution in [1.82, 2.24) is 19.0 Å². The van der Waals surface area contributed by atoms with Gasteiger partial charge in [-0.15, -0.1) is 0 Å². The van der Waals surface area contributed by atoms with Crippen LogP contribution in [-0.2, 0) is 22.9 Å². The third-order valence-electron chi connectivity index (χ3n) is 6.82. The summed E-state index contributed by atoms with van der Waals surface area (Å²) in [4.78, 5) is 15.6. The highest BCUT2D eigenvalue weighted by Crippen LogP contribution is 2.28. The average Bonchev–Trinajstić information content (AvgIpc) is 3.05. The summed E-state index contributed by atoms with van der Waals surface area (Å²) in [7, 11) is -3.57. The van der Waals surface area contributed by atoms with E-state index in [-0.39, 0.29) is 19.0 Å². The molecule has 0 N–H and O–H groups in total. The van der Waals surface area contributed by atoms with E-state index in [2.05, 4.69) is 0 Å². The van der Waals surface area contributed by atoms with Crippen molar-refractivity contribution in [3.05, 3.63) is 77.1 Å². The van der Waals surface area contributed by atoms with E-state index in [1.807, 2.05) is 41.9 Å². The van der Waals surface area contributed by atoms with Crippen molar-refractivity contribution >= 4 is 15.9 Å². The Morgan fingerprint density at radius 3 is 2.24 bits per heavy atom. The van der Waals surface area contributed by atoms with Crippen molar-refractivity contribution < 1.29 is 13.2 Å². The molecule has 2 aliphatic rings. The van der Waals surface area contributed by atoms with E-state index in [9.17, 15) is 13.2 Å². The van der Waals surface area contributed by atoms with Crippen LogP contribution in [0.3, 0.4) is 0 Å². The van der Waals surface area contributed by atoms with Crippen molar-refractivity contribution in [3.63, 3.8) is 0 Å². The molecule has 0 saturated carbocycles. The van der Waals surface area contributed by atoms with Crippen molar-refractivity contribution in [1.29, 1.82) is 0 Å². The SMILES string of the molecule is Cc1ccc(S(=O)(=O)N2CCN(C(=O)c3nn(-c4ccccc4)c4c3CCCCC4)CC2)cc1. The summed E-state index contributed by atoms with van der Waals surface area (Å²) in [5, 5.41) is 4.80. The fraction of sp³-hybridized carbons (Fsp3) is 0.385. The van der Waals surface area contributed by atoms with Crippen LogP contribution in [0, 0.1) is 6.92 Å². The van der Waals surface area contributed by atoms with E-state index < -0.39 is 10.0 Å². The second kappa shape index (κ2) is 9.35. The first kappa shape index (κ1) is 22.8. The van der Waals surface area contributed by atoms with Gasteiger partial charge >= 0.3 is 0 Å². The molecule has 7 nitrogen and oxygen atoms in total. The van der Waals surface area contributed by atoms with Gasteiger partial charge in [0, 0.05) is 37.4 Å². The lowest BCUT2D eigenvalue weighted by Gasteiger charge is -2.33. The number of sulfonamides is 1. The summed E-state index contributed by atoms with van der Waals surface area (Å²) in [6, 6.07) is 16.9. The zero-order valence-electron chi connectivity index (χ0n) is 19.5. The van der Waals surface area contributed by atoms with Gasteiger partial charge in [-0.1, -0.05) is 42.3 Å². The Balaban J connectivity index is 1.37. The number of aromatic nitrogens is 2. The quantitative estimate of drug-likeness (QED) is 0.537. The number of carbonyl (C=O) groups excluding carboxylic acids is 1. The Hall–Kier alpha value is -2.97. The Labute approximate surface area is 201 Å². The Bertz CT molecular complexity index is 1280. The standard InChI is InChI=1S/C26H30N4O3S/c1-20-12-14-22(15-13-20)34(32,33)29-18-16-28(17-19-29)26(31)25-23-10-6-3-7-11-24(23)30(27-25)21-8-4-2-5-9-21/h2,4-5,8-9,12-15H,3,6-7,10-11,16-19H2,1H3. The number of rotatable bonds is 4. The van der Waals surface area contributed by atoms with E-state index >= 15 is 0 Å². The van der Waals surface area contributed by atoms with Crippen molar-refractivity contribution in [2.75, 3.05) is 26.2 Å². The third-order valence-corrected chi connectivity index (χ3v) is 8.73. The normalized spacial score (nSPS) is 17.3. The van der Waals surface area contributed by atoms with Crippen LogP contribution in [0.15, 0.2) is 59.5 Å². The lowest BCUT2D eigenvalue weighted by molar-refractivity contribution is 0.0690. The molecule has 0 unspecified atom stereocenters. The second-order valence-corrected chi connectivity index (χ2v) is 11.0. The maximum atomic E-state index is 13.6. The Morgan fingerprint density at radius 1 is 0.853 bits per heavy atom. The monoisotopic (exact) mass is 478 g/mol. The summed E-state index contributed by atoms with van der Waals surface area (Å²) in [5.41, 5.74) is 4.70. The van der Waals surface area contributed by atoms with Crippen molar-refractivity contribution in [2.24, 2.45) is 0 Å². The van der Waals surface area contributed by atoms with Gasteiger partial charge in [0.05, 0.1) is 10.6 Å². The molecule has 2 heterocycles. The molecule has 0 atom stereocenters. The van der Waals surface area contributed by atoms with E-state index in [4.69, 9.17) is 5.10 Å². The maximum Gasteiger partial charge on any atom is 0.274 e. The number of amides is 1. The summed E-state index contributed by atoms with van der Waals surface area (Å²) in [6.07, 6.45) is 5.05. The molecular weight excluding hydrogens is 448 g/mol. The number of para-hydroxylation sites is 1. The first-order chi connectivity index (χ1) is 16.4. The molecule has 0 bridgehead atoms. The van der Waals surface area contributed by atoms with Crippen molar-refractivity contribution in [2.45, 2.75) is 43.9 Å². The number of benzene rings is 2. The number of carbonyl (C=O) groups is 1. The van der Waals surface area contributed by atoms with Crippen molar-refractivity contribution in [3.8, 4) is 5.69 Å². The highest BCUT2D eigenvalue weighted by atomic mass is 32.2. The van der Waals surface area contributed by atoms with Gasteiger partial charge in [0.1, 0.15) is 0 Å². The van der Waals surface area contributed by atoms with Crippen LogP contribution in [0.4, 0.5) is 0 Å². The predicted octanol–water partition coefficient (Wildman–Crippen LogP) is 3.60. The molecule has 8 heteroatoms. The molecule has 2 aromatic carbocycles. The molecule has 3 aromatic rings. The molecule has 1 fully saturated rings. The van der Waals surface area contributed by atoms with Crippen LogP contribution in [0.2, 0.25) is 0 Å². The summed E-state index contributed by atoms with van der Waals surface area (Å²) in [6.45, 7) is 3.21. The zero-order valence-corrected chi connectivity index (χ0v) is 20.3. The molecule has 1 aromatic heterocycles. The number of nitrogens with zero attached hydrogens (tertiary/aromatic N) is 4. The summed E-state index contributed by atoms with van der Waals surface area (Å²) >= 11 is 0. The van der Waals surface area contributed by atoms with Crippen LogP contribution < -0.4 is 0 Å². The van der Waals surface area contributed by atoms with Crippen LogP contribution >= 0.6 is 0 Å². The maximum absolute atomic E-state index is 13.6. The molecule has 1 aliphatic carbocycles. The number of hydrogen-bond acceptors (Lipinski definition) is 4. The molecule has 34 heavy (non-hydrogen) atoms. The molecule has 0 radical (unpaired) electrons. The van der Waals surface area contributed by atoms with Crippen LogP contribution in [0.5, 0.6) is 0 Å². The molecular formula is C26H30N4O3S. The van der Waals surface area contributed by atoms with Gasteiger partial charge in [0.15, 0.2) is 5.69 Å². The van der Waals surface area contributed by atoms with Gasteiger partial charge in [0.2, 0.25) is 10.0 Å². The van der Waals surface area contributed by atoms with E-state index in [0.29, 0.717) is 23.7 Å². The minimum Gasteiger partial charge on any atom is -0.335 e. The smallest absolute Gasteiger partial charge is 0.274 e. The fourth-order valence-corrected chi connectivity index (χ4v) is 6.29. The Kier molecular flexibility index (Phi) is 6.27. The first-order valence-corrected chi connectivity index (χ1v) is 13.4. The number of fused-ring (bicyclic) bond motifs is 1. The second-order valence-electron chi connectivity index (χ2n) is 9.09. The summed E-state index contributed by atoms with van der Waals surface area (Å²) < 4.78 is 29.5. The predicted molar refractivity (Wildman–Crippen MR) is 131 cm³/mol. The topological polar surface area (TPSA) is 75.5 Å². The van der Waals surface area contributed by atoms with Gasteiger partial charge in [-0.2, -0.15) is 9.40 Å². The average molecular weight is 479 g/mol. The highest BCUT2D eigenvalue weighted by molar-refractivity contribution is 7.89.